The summed E-state index contributed by atoms with van der Waals surface area (Å²) in [5.41, 5.74) is 0. The van der Waals surface area contributed by atoms with Crippen LogP contribution < -0.4 is 5.32 Å². The molecule has 7 nitrogen and oxygen atoms in total. The van der Waals surface area contributed by atoms with Crippen LogP contribution in [0.15, 0.2) is 0 Å². The van der Waals surface area contributed by atoms with Gasteiger partial charge in [0.05, 0.1) is 18.8 Å². The first-order valence-corrected chi connectivity index (χ1v) is 9.30. The van der Waals surface area contributed by atoms with E-state index in [1.165, 1.54) is 6.92 Å². The van der Waals surface area contributed by atoms with Crippen LogP contribution in [0.5, 0.6) is 0 Å². The molecule has 0 saturated carbocycles. The Labute approximate surface area is 151 Å². The second-order valence-corrected chi connectivity index (χ2v) is 6.66. The van der Waals surface area contributed by atoms with Crippen LogP contribution in [0, 0.1) is 11.8 Å². The lowest BCUT2D eigenvalue weighted by atomic mass is 10.0. The first-order valence-electron chi connectivity index (χ1n) is 9.30. The van der Waals surface area contributed by atoms with E-state index in [1.807, 2.05) is 13.8 Å². The van der Waals surface area contributed by atoms with Gasteiger partial charge in [-0.15, -0.1) is 0 Å². The first-order chi connectivity index (χ1) is 11.9. The SMILES string of the molecule is CCO[C@H]1C[C@H](C)[C@@H](CNC(C)=O)O1.CCO[C@H]1C[C@H](C)[C@@H](CO)O1. The molecule has 1 amide bonds. The number of nitrogens with one attached hydrogen (secondary N) is 1. The Morgan fingerprint density at radius 1 is 1.04 bits per heavy atom. The highest BCUT2D eigenvalue weighted by molar-refractivity contribution is 5.72. The molecule has 0 aromatic rings. The summed E-state index contributed by atoms with van der Waals surface area (Å²) in [4.78, 5) is 10.7. The van der Waals surface area contributed by atoms with Crippen LogP contribution in [0.3, 0.4) is 0 Å². The number of rotatable bonds is 7. The highest BCUT2D eigenvalue weighted by Gasteiger charge is 2.32. The second kappa shape index (κ2) is 11.8. The van der Waals surface area contributed by atoms with Gasteiger partial charge in [-0.05, 0) is 25.7 Å². The van der Waals surface area contributed by atoms with Gasteiger partial charge in [0.2, 0.25) is 5.91 Å². The Balaban J connectivity index is 0.000000257. The lowest BCUT2D eigenvalue weighted by Gasteiger charge is -2.15. The van der Waals surface area contributed by atoms with E-state index in [0.717, 1.165) is 12.8 Å². The molecule has 0 spiro atoms. The minimum Gasteiger partial charge on any atom is -0.394 e. The van der Waals surface area contributed by atoms with Gasteiger partial charge in [0.25, 0.3) is 0 Å². The number of carbonyl (C=O) groups excluding carboxylic acids is 1. The van der Waals surface area contributed by atoms with E-state index in [0.29, 0.717) is 31.6 Å². The fourth-order valence-corrected chi connectivity index (χ4v) is 2.98. The van der Waals surface area contributed by atoms with Crippen molar-refractivity contribution in [2.45, 2.75) is 72.2 Å². The predicted molar refractivity (Wildman–Crippen MR) is 93.9 cm³/mol. The number of aliphatic hydroxyl groups is 1. The third-order valence-corrected chi connectivity index (χ3v) is 4.49. The number of amides is 1. The summed E-state index contributed by atoms with van der Waals surface area (Å²) in [6.45, 7) is 11.6. The molecule has 148 valence electrons. The molecule has 25 heavy (non-hydrogen) atoms. The zero-order chi connectivity index (χ0) is 18.8. The molecule has 7 heteroatoms. The molecule has 2 saturated heterocycles. The van der Waals surface area contributed by atoms with Crippen molar-refractivity contribution in [1.29, 1.82) is 0 Å². The van der Waals surface area contributed by atoms with Crippen molar-refractivity contribution < 1.29 is 28.8 Å². The molecular formula is C18H35NO6. The molecule has 0 aromatic heterocycles. The normalized spacial score (nSPS) is 34.5. The van der Waals surface area contributed by atoms with E-state index in [2.05, 4.69) is 19.2 Å². The van der Waals surface area contributed by atoms with Crippen LogP contribution in [-0.2, 0) is 23.7 Å². The molecule has 0 aromatic carbocycles. The van der Waals surface area contributed by atoms with Crippen LogP contribution in [0.1, 0.15) is 47.5 Å². The first kappa shape index (κ1) is 22.3. The molecule has 2 aliphatic heterocycles. The van der Waals surface area contributed by atoms with Gasteiger partial charge < -0.3 is 29.4 Å². The minimum absolute atomic E-state index is 0.0133. The van der Waals surface area contributed by atoms with Gasteiger partial charge in [-0.25, -0.2) is 0 Å². The van der Waals surface area contributed by atoms with Crippen molar-refractivity contribution in [2.24, 2.45) is 11.8 Å². The van der Waals surface area contributed by atoms with Crippen LogP contribution >= 0.6 is 0 Å². The fraction of sp³-hybridized carbons (Fsp3) is 0.944. The van der Waals surface area contributed by atoms with Crippen molar-refractivity contribution in [3.63, 3.8) is 0 Å². The monoisotopic (exact) mass is 361 g/mol. The molecular weight excluding hydrogens is 326 g/mol. The maximum absolute atomic E-state index is 10.7. The Morgan fingerprint density at radius 2 is 1.52 bits per heavy atom. The lowest BCUT2D eigenvalue weighted by Crippen LogP contribution is -2.33. The summed E-state index contributed by atoms with van der Waals surface area (Å²) < 4.78 is 21.7. The number of ether oxygens (including phenoxy) is 4. The standard InChI is InChI=1S/C10H19NO3.C8H16O3/c1-4-13-10-5-7(2)9(14-10)6-11-8(3)12;1-3-10-8-4-6(2)7(5-9)11-8/h7,9-10H,4-6H2,1-3H3,(H,11,12);6-9H,3-5H2,1-2H3/t7-,9+,10+;6-,7+,8+/m00/s1. The summed E-state index contributed by atoms with van der Waals surface area (Å²) in [7, 11) is 0. The average Bonchev–Trinajstić information content (AvgIpc) is 3.09. The molecule has 2 rings (SSSR count). The van der Waals surface area contributed by atoms with E-state index in [9.17, 15) is 4.79 Å². The highest BCUT2D eigenvalue weighted by Crippen LogP contribution is 2.27. The molecule has 6 atom stereocenters. The Kier molecular flexibility index (Phi) is 10.5. The fourth-order valence-electron chi connectivity index (χ4n) is 2.98. The van der Waals surface area contributed by atoms with Gasteiger partial charge in [0.1, 0.15) is 0 Å². The zero-order valence-corrected chi connectivity index (χ0v) is 16.2. The minimum atomic E-state index is -0.0906. The number of hydrogen-bond donors (Lipinski definition) is 2. The summed E-state index contributed by atoms with van der Waals surface area (Å²) in [6, 6.07) is 0. The summed E-state index contributed by atoms with van der Waals surface area (Å²) in [5.74, 6) is 0.843. The molecule has 0 aliphatic carbocycles. The topological polar surface area (TPSA) is 86.3 Å². The van der Waals surface area contributed by atoms with Gasteiger partial charge in [-0.3, -0.25) is 4.79 Å². The van der Waals surface area contributed by atoms with E-state index in [1.54, 1.807) is 0 Å². The quantitative estimate of drug-likeness (QED) is 0.717. The van der Waals surface area contributed by atoms with Crippen molar-refractivity contribution in [3.05, 3.63) is 0 Å². The molecule has 2 fully saturated rings. The van der Waals surface area contributed by atoms with Crippen molar-refractivity contribution in [3.8, 4) is 0 Å². The van der Waals surface area contributed by atoms with E-state index in [4.69, 9.17) is 24.1 Å². The van der Waals surface area contributed by atoms with Crippen molar-refractivity contribution in [2.75, 3.05) is 26.4 Å². The summed E-state index contributed by atoms with van der Waals surface area (Å²) in [5, 5.41) is 11.6. The summed E-state index contributed by atoms with van der Waals surface area (Å²) >= 11 is 0. The lowest BCUT2D eigenvalue weighted by molar-refractivity contribution is -0.138. The smallest absolute Gasteiger partial charge is 0.216 e. The van der Waals surface area contributed by atoms with Crippen molar-refractivity contribution >= 4 is 5.91 Å². The Hall–Kier alpha value is -0.730. The molecule has 0 radical (unpaired) electrons. The van der Waals surface area contributed by atoms with Crippen LogP contribution in [0.4, 0.5) is 0 Å². The summed E-state index contributed by atoms with van der Waals surface area (Å²) in [6.07, 6.45) is 1.71. The zero-order valence-electron chi connectivity index (χ0n) is 16.2. The van der Waals surface area contributed by atoms with Crippen LogP contribution in [0.25, 0.3) is 0 Å². The van der Waals surface area contributed by atoms with E-state index in [-0.39, 0.29) is 37.3 Å². The largest absolute Gasteiger partial charge is 0.394 e. The predicted octanol–water partition coefficient (Wildman–Crippen LogP) is 1.68. The average molecular weight is 361 g/mol. The Morgan fingerprint density at radius 3 is 1.92 bits per heavy atom. The highest BCUT2D eigenvalue weighted by atomic mass is 16.7. The number of aliphatic hydroxyl groups excluding tert-OH is 1. The molecule has 2 aliphatic rings. The molecule has 2 heterocycles. The number of carbonyl (C=O) groups is 1. The van der Waals surface area contributed by atoms with Crippen LogP contribution in [-0.4, -0.2) is 62.2 Å². The molecule has 0 bridgehead atoms. The maximum Gasteiger partial charge on any atom is 0.216 e. The van der Waals surface area contributed by atoms with Gasteiger partial charge in [0, 0.05) is 39.5 Å². The third kappa shape index (κ3) is 8.00. The molecule has 0 unspecified atom stereocenters. The van der Waals surface area contributed by atoms with Gasteiger partial charge >= 0.3 is 0 Å². The van der Waals surface area contributed by atoms with Gasteiger partial charge in [0.15, 0.2) is 12.6 Å². The third-order valence-electron chi connectivity index (χ3n) is 4.49. The maximum atomic E-state index is 10.7. The molecule has 2 N–H and O–H groups in total. The van der Waals surface area contributed by atoms with Crippen LogP contribution in [0.2, 0.25) is 0 Å². The second-order valence-electron chi connectivity index (χ2n) is 6.66. The van der Waals surface area contributed by atoms with E-state index < -0.39 is 0 Å². The van der Waals surface area contributed by atoms with E-state index >= 15 is 0 Å². The number of hydrogen-bond acceptors (Lipinski definition) is 6. The van der Waals surface area contributed by atoms with Gasteiger partial charge in [-0.1, -0.05) is 13.8 Å². The Bertz CT molecular complexity index is 381. The van der Waals surface area contributed by atoms with Crippen molar-refractivity contribution in [1.82, 2.24) is 5.32 Å². The van der Waals surface area contributed by atoms with Gasteiger partial charge in [-0.2, -0.15) is 0 Å².